The van der Waals surface area contributed by atoms with Crippen molar-refractivity contribution in [3.8, 4) is 0 Å². The highest BCUT2D eigenvalue weighted by Crippen LogP contribution is 1.76. The van der Waals surface area contributed by atoms with Crippen LogP contribution in [-0.4, -0.2) is 22.4 Å². The molecule has 0 aliphatic carbocycles. The molecule has 0 spiro atoms. The summed E-state index contributed by atoms with van der Waals surface area (Å²) in [5.41, 5.74) is 3.59. The topological polar surface area (TPSA) is 9.23 Å². The van der Waals surface area contributed by atoms with Gasteiger partial charge in [0.25, 0.3) is 0 Å². The lowest BCUT2D eigenvalue weighted by molar-refractivity contribution is 0.193. The van der Waals surface area contributed by atoms with E-state index in [1.54, 1.807) is 5.54 Å². The Hall–Kier alpha value is 0.207. The van der Waals surface area contributed by atoms with Crippen LogP contribution in [0.25, 0.3) is 0 Å². The van der Waals surface area contributed by atoms with Gasteiger partial charge in [0.15, 0.2) is 0 Å². The number of halogens is 1. The van der Waals surface area contributed by atoms with Crippen molar-refractivity contribution in [1.82, 2.24) is 0 Å². The minimum absolute atomic E-state index is 0.134. The lowest BCUT2D eigenvalue weighted by Gasteiger charge is -1.92. The smallest absolute Gasteiger partial charge is 0.0768 e. The summed E-state index contributed by atoms with van der Waals surface area (Å²) in [5.74, 6) is 0. The van der Waals surface area contributed by atoms with E-state index >= 15 is 0 Å². The number of hydrogen-bond donors (Lipinski definition) is 0. The van der Waals surface area contributed by atoms with Gasteiger partial charge in [-0.3, -0.25) is 0 Å². The second kappa shape index (κ2) is 7.21. The van der Waals surface area contributed by atoms with Crippen molar-refractivity contribution in [2.45, 2.75) is 6.92 Å². The van der Waals surface area contributed by atoms with E-state index in [4.69, 9.17) is 16.3 Å². The van der Waals surface area contributed by atoms with Gasteiger partial charge in [0.2, 0.25) is 0 Å². The minimum atomic E-state index is -0.134. The standard InChI is InChI=1S/C5H11ClOSi/c1-2-7-5-8-4-3-6/h3-4H,2,5,8H2,1H3. The van der Waals surface area contributed by atoms with Crippen LogP contribution < -0.4 is 0 Å². The third-order valence-electron chi connectivity index (χ3n) is 0.722. The number of ether oxygens (including phenoxy) is 1. The van der Waals surface area contributed by atoms with Gasteiger partial charge in [-0.1, -0.05) is 17.3 Å². The molecule has 0 fully saturated rings. The predicted octanol–water partition coefficient (Wildman–Crippen LogP) is 0.859. The van der Waals surface area contributed by atoms with E-state index in [9.17, 15) is 0 Å². The van der Waals surface area contributed by atoms with Gasteiger partial charge in [-0.2, -0.15) is 0 Å². The molecule has 0 amide bonds. The summed E-state index contributed by atoms with van der Waals surface area (Å²) >= 11 is 5.28. The maximum absolute atomic E-state index is 5.28. The van der Waals surface area contributed by atoms with Crippen molar-refractivity contribution in [3.05, 3.63) is 11.2 Å². The second-order valence-electron chi connectivity index (χ2n) is 1.35. The fourth-order valence-corrected chi connectivity index (χ4v) is 1.45. The summed E-state index contributed by atoms with van der Waals surface area (Å²) in [6, 6.07) is 0. The highest BCUT2D eigenvalue weighted by Gasteiger charge is 1.78. The Kier molecular flexibility index (Phi) is 7.39. The molecule has 8 heavy (non-hydrogen) atoms. The van der Waals surface area contributed by atoms with Gasteiger partial charge in [0.05, 0.1) is 9.52 Å². The number of rotatable bonds is 4. The minimum Gasteiger partial charge on any atom is -0.385 e. The highest BCUT2D eigenvalue weighted by atomic mass is 35.5. The molecule has 1 nitrogen and oxygen atoms in total. The average Bonchev–Trinajstić information content (AvgIpc) is 1.81. The van der Waals surface area contributed by atoms with Gasteiger partial charge < -0.3 is 4.74 Å². The Morgan fingerprint density at radius 2 is 2.50 bits per heavy atom. The van der Waals surface area contributed by atoms with Crippen LogP contribution in [-0.2, 0) is 4.74 Å². The summed E-state index contributed by atoms with van der Waals surface area (Å²) in [7, 11) is -0.134. The van der Waals surface area contributed by atoms with Crippen molar-refractivity contribution in [1.29, 1.82) is 0 Å². The molecule has 0 aromatic carbocycles. The molecule has 0 saturated heterocycles. The van der Waals surface area contributed by atoms with Crippen LogP contribution in [0.4, 0.5) is 0 Å². The zero-order chi connectivity index (χ0) is 6.24. The zero-order valence-electron chi connectivity index (χ0n) is 5.06. The molecule has 0 rings (SSSR count). The molecule has 0 heterocycles. The molecule has 0 aliphatic rings. The van der Waals surface area contributed by atoms with Crippen LogP contribution in [0.15, 0.2) is 11.2 Å². The van der Waals surface area contributed by atoms with E-state index < -0.39 is 0 Å². The summed E-state index contributed by atoms with van der Waals surface area (Å²) in [5, 5.41) is 0. The largest absolute Gasteiger partial charge is 0.385 e. The van der Waals surface area contributed by atoms with Gasteiger partial charge in [-0.25, -0.2) is 0 Å². The SMILES string of the molecule is CCOC[SiH2]C=CCl. The summed E-state index contributed by atoms with van der Waals surface area (Å²) in [6.45, 7) is 2.82. The highest BCUT2D eigenvalue weighted by molar-refractivity contribution is 6.44. The molecule has 0 aromatic rings. The van der Waals surface area contributed by atoms with Crippen molar-refractivity contribution >= 4 is 21.1 Å². The molecule has 0 radical (unpaired) electrons. The Labute approximate surface area is 57.5 Å². The van der Waals surface area contributed by atoms with E-state index in [2.05, 4.69) is 0 Å². The van der Waals surface area contributed by atoms with E-state index in [0.29, 0.717) is 0 Å². The van der Waals surface area contributed by atoms with Crippen molar-refractivity contribution in [2.75, 3.05) is 12.8 Å². The predicted molar refractivity (Wildman–Crippen MR) is 40.0 cm³/mol. The molecule has 48 valence electrons. The van der Waals surface area contributed by atoms with Crippen molar-refractivity contribution in [3.63, 3.8) is 0 Å². The van der Waals surface area contributed by atoms with E-state index in [-0.39, 0.29) is 9.52 Å². The van der Waals surface area contributed by atoms with Crippen LogP contribution >= 0.6 is 11.6 Å². The lowest BCUT2D eigenvalue weighted by atomic mass is 10.9. The maximum Gasteiger partial charge on any atom is 0.0768 e. The van der Waals surface area contributed by atoms with E-state index in [0.717, 1.165) is 12.8 Å². The molecule has 0 N–H and O–H groups in total. The van der Waals surface area contributed by atoms with Crippen LogP contribution in [0.3, 0.4) is 0 Å². The molecule has 0 aromatic heterocycles. The monoisotopic (exact) mass is 150 g/mol. The van der Waals surface area contributed by atoms with Crippen LogP contribution in [0, 0.1) is 0 Å². The van der Waals surface area contributed by atoms with Crippen LogP contribution in [0.5, 0.6) is 0 Å². The van der Waals surface area contributed by atoms with Gasteiger partial charge in [0, 0.05) is 12.8 Å². The fourth-order valence-electron chi connectivity index (χ4n) is 0.359. The molecule has 0 aliphatic heterocycles. The molecule has 0 saturated carbocycles. The zero-order valence-corrected chi connectivity index (χ0v) is 7.23. The Morgan fingerprint density at radius 3 is 3.00 bits per heavy atom. The van der Waals surface area contributed by atoms with Gasteiger partial charge in [0.1, 0.15) is 0 Å². The van der Waals surface area contributed by atoms with Gasteiger partial charge in [-0.05, 0) is 12.5 Å². The third-order valence-corrected chi connectivity index (χ3v) is 2.29. The van der Waals surface area contributed by atoms with E-state index in [1.807, 2.05) is 12.6 Å². The summed E-state index contributed by atoms with van der Waals surface area (Å²) in [4.78, 5) is 0. The average molecular weight is 151 g/mol. The molecule has 0 bridgehead atoms. The molecule has 0 unspecified atom stereocenters. The van der Waals surface area contributed by atoms with Gasteiger partial charge >= 0.3 is 0 Å². The van der Waals surface area contributed by atoms with Crippen LogP contribution in [0.1, 0.15) is 6.92 Å². The Bertz CT molecular complexity index is 65.4. The second-order valence-corrected chi connectivity index (χ2v) is 3.06. The Balaban J connectivity index is 2.72. The van der Waals surface area contributed by atoms with Crippen LogP contribution in [0.2, 0.25) is 0 Å². The Morgan fingerprint density at radius 1 is 1.75 bits per heavy atom. The van der Waals surface area contributed by atoms with Crippen molar-refractivity contribution < 1.29 is 4.74 Å². The van der Waals surface area contributed by atoms with Crippen molar-refractivity contribution in [2.24, 2.45) is 0 Å². The lowest BCUT2D eigenvalue weighted by Crippen LogP contribution is -1.99. The first-order chi connectivity index (χ1) is 3.91. The summed E-state index contributed by atoms with van der Waals surface area (Å²) < 4.78 is 5.09. The van der Waals surface area contributed by atoms with Gasteiger partial charge in [-0.15, -0.1) is 0 Å². The first kappa shape index (κ1) is 8.21. The first-order valence-electron chi connectivity index (χ1n) is 2.74. The molecular weight excluding hydrogens is 140 g/mol. The quantitative estimate of drug-likeness (QED) is 0.427. The maximum atomic E-state index is 5.28. The fraction of sp³-hybridized carbons (Fsp3) is 0.600. The molecular formula is C5H11ClOSi. The third kappa shape index (κ3) is 6.21. The number of hydrogen-bond acceptors (Lipinski definition) is 1. The normalized spacial score (nSPS) is 12.2. The van der Waals surface area contributed by atoms with E-state index in [1.165, 1.54) is 0 Å². The summed E-state index contributed by atoms with van der Waals surface area (Å²) in [6.07, 6.45) is 0.916. The molecule has 0 atom stereocenters. The molecule has 3 heteroatoms. The first-order valence-corrected chi connectivity index (χ1v) is 5.00.